The van der Waals surface area contributed by atoms with Crippen molar-refractivity contribution >= 4 is 11.6 Å². The van der Waals surface area contributed by atoms with Crippen LogP contribution in [0.2, 0.25) is 5.02 Å². The molecular weight excluding hydrogens is 222 g/mol. The van der Waals surface area contributed by atoms with Gasteiger partial charge in [0.1, 0.15) is 5.75 Å². The van der Waals surface area contributed by atoms with E-state index in [1.165, 1.54) is 5.56 Å². The van der Waals surface area contributed by atoms with Crippen LogP contribution in [-0.2, 0) is 0 Å². The van der Waals surface area contributed by atoms with Crippen molar-refractivity contribution in [1.29, 1.82) is 0 Å². The summed E-state index contributed by atoms with van der Waals surface area (Å²) < 4.78 is 5.48. The summed E-state index contributed by atoms with van der Waals surface area (Å²) in [5.74, 6) is 1.69. The second-order valence-corrected chi connectivity index (χ2v) is 5.08. The van der Waals surface area contributed by atoms with Crippen molar-refractivity contribution in [2.24, 2.45) is 5.92 Å². The molecule has 2 rings (SSSR count). The molecule has 0 saturated carbocycles. The number of hydrogen-bond acceptors (Lipinski definition) is 2. The van der Waals surface area contributed by atoms with Gasteiger partial charge in [-0.25, -0.2) is 0 Å². The number of rotatable bonds is 2. The van der Waals surface area contributed by atoms with Crippen molar-refractivity contribution in [3.63, 3.8) is 0 Å². The summed E-state index contributed by atoms with van der Waals surface area (Å²) >= 11 is 6.11. The van der Waals surface area contributed by atoms with Crippen molar-refractivity contribution in [2.75, 3.05) is 13.7 Å². The van der Waals surface area contributed by atoms with Gasteiger partial charge in [0.2, 0.25) is 0 Å². The van der Waals surface area contributed by atoms with Gasteiger partial charge in [-0.05, 0) is 43.5 Å². The topological polar surface area (TPSA) is 21.3 Å². The van der Waals surface area contributed by atoms with Crippen LogP contribution in [0, 0.1) is 12.8 Å². The molecule has 2 atom stereocenters. The lowest BCUT2D eigenvalue weighted by Crippen LogP contribution is -2.14. The summed E-state index contributed by atoms with van der Waals surface area (Å²) in [6.07, 6.45) is 1.15. The molecule has 0 unspecified atom stereocenters. The molecule has 0 aromatic heterocycles. The fraction of sp³-hybridized carbons (Fsp3) is 0.538. The highest BCUT2D eigenvalue weighted by Crippen LogP contribution is 2.36. The third-order valence-electron chi connectivity index (χ3n) is 3.20. The number of methoxy groups -OCH3 is 1. The molecule has 88 valence electrons. The van der Waals surface area contributed by atoms with Crippen LogP contribution in [0.5, 0.6) is 5.75 Å². The standard InChI is InChI=1S/C13H18ClNO/c1-8-4-12(15-7-8)11-6-10(14)5-9(2)13(11)16-3/h5-6,8,12,15H,4,7H2,1-3H3/t8-,12+/m0/s1. The lowest BCUT2D eigenvalue weighted by atomic mass is 9.98. The van der Waals surface area contributed by atoms with E-state index in [-0.39, 0.29) is 0 Å². The Morgan fingerprint density at radius 3 is 2.75 bits per heavy atom. The summed E-state index contributed by atoms with van der Waals surface area (Å²) in [6, 6.07) is 4.34. The molecule has 0 aliphatic carbocycles. The fourth-order valence-corrected chi connectivity index (χ4v) is 2.72. The molecular formula is C13H18ClNO. The van der Waals surface area contributed by atoms with Gasteiger partial charge in [-0.15, -0.1) is 0 Å². The minimum atomic E-state index is 0.377. The van der Waals surface area contributed by atoms with E-state index in [1.807, 2.05) is 19.1 Å². The van der Waals surface area contributed by atoms with Gasteiger partial charge in [-0.3, -0.25) is 0 Å². The largest absolute Gasteiger partial charge is 0.496 e. The molecule has 16 heavy (non-hydrogen) atoms. The van der Waals surface area contributed by atoms with E-state index in [2.05, 4.69) is 12.2 Å². The number of halogens is 1. The van der Waals surface area contributed by atoms with Gasteiger partial charge < -0.3 is 10.1 Å². The zero-order valence-corrected chi connectivity index (χ0v) is 10.8. The zero-order chi connectivity index (χ0) is 11.7. The van der Waals surface area contributed by atoms with Crippen molar-refractivity contribution < 1.29 is 4.74 Å². The Labute approximate surface area is 102 Å². The van der Waals surface area contributed by atoms with Crippen LogP contribution in [0.3, 0.4) is 0 Å². The predicted octanol–water partition coefficient (Wildman–Crippen LogP) is 3.33. The van der Waals surface area contributed by atoms with E-state index < -0.39 is 0 Å². The average molecular weight is 240 g/mol. The molecule has 1 heterocycles. The summed E-state index contributed by atoms with van der Waals surface area (Å²) in [5.41, 5.74) is 2.29. The monoisotopic (exact) mass is 239 g/mol. The number of nitrogens with one attached hydrogen (secondary N) is 1. The molecule has 3 heteroatoms. The third kappa shape index (κ3) is 2.18. The Morgan fingerprint density at radius 2 is 2.19 bits per heavy atom. The summed E-state index contributed by atoms with van der Waals surface area (Å²) in [4.78, 5) is 0. The van der Waals surface area contributed by atoms with Crippen LogP contribution in [0.15, 0.2) is 12.1 Å². The van der Waals surface area contributed by atoms with Gasteiger partial charge in [-0.2, -0.15) is 0 Å². The molecule has 1 aliphatic rings. The Morgan fingerprint density at radius 1 is 1.44 bits per heavy atom. The van der Waals surface area contributed by atoms with Crippen LogP contribution in [-0.4, -0.2) is 13.7 Å². The van der Waals surface area contributed by atoms with Crippen LogP contribution >= 0.6 is 11.6 Å². The van der Waals surface area contributed by atoms with E-state index in [0.717, 1.165) is 29.3 Å². The molecule has 0 spiro atoms. The van der Waals surface area contributed by atoms with Crippen molar-refractivity contribution in [2.45, 2.75) is 26.3 Å². The van der Waals surface area contributed by atoms with Crippen LogP contribution in [0.4, 0.5) is 0 Å². The maximum Gasteiger partial charge on any atom is 0.126 e. The Bertz CT molecular complexity index is 392. The molecule has 1 aromatic rings. The summed E-state index contributed by atoms with van der Waals surface area (Å²) in [7, 11) is 1.72. The SMILES string of the molecule is COc1c(C)cc(Cl)cc1[C@H]1C[C@H](C)CN1. The van der Waals surface area contributed by atoms with Crippen molar-refractivity contribution in [3.8, 4) is 5.75 Å². The van der Waals surface area contributed by atoms with E-state index >= 15 is 0 Å². The second-order valence-electron chi connectivity index (χ2n) is 4.65. The quantitative estimate of drug-likeness (QED) is 0.855. The Hall–Kier alpha value is -0.730. The minimum Gasteiger partial charge on any atom is -0.496 e. The third-order valence-corrected chi connectivity index (χ3v) is 3.42. The maximum atomic E-state index is 6.11. The van der Waals surface area contributed by atoms with Crippen LogP contribution in [0.25, 0.3) is 0 Å². The first-order valence-corrected chi connectivity index (χ1v) is 6.07. The van der Waals surface area contributed by atoms with Gasteiger partial charge in [0.25, 0.3) is 0 Å². The first-order chi connectivity index (χ1) is 7.61. The number of ether oxygens (including phenoxy) is 1. The Kier molecular flexibility index (Phi) is 3.41. The highest BCUT2D eigenvalue weighted by Gasteiger charge is 2.25. The van der Waals surface area contributed by atoms with Gasteiger partial charge in [0, 0.05) is 16.6 Å². The van der Waals surface area contributed by atoms with Gasteiger partial charge in [0.05, 0.1) is 7.11 Å². The highest BCUT2D eigenvalue weighted by atomic mass is 35.5. The number of hydrogen-bond donors (Lipinski definition) is 1. The average Bonchev–Trinajstić information content (AvgIpc) is 2.63. The smallest absolute Gasteiger partial charge is 0.126 e. The molecule has 1 fully saturated rings. The molecule has 1 aliphatic heterocycles. The lowest BCUT2D eigenvalue weighted by molar-refractivity contribution is 0.399. The zero-order valence-electron chi connectivity index (χ0n) is 10.0. The molecule has 0 bridgehead atoms. The highest BCUT2D eigenvalue weighted by molar-refractivity contribution is 6.30. The normalized spacial score (nSPS) is 24.8. The minimum absolute atomic E-state index is 0.377. The predicted molar refractivity (Wildman–Crippen MR) is 67.3 cm³/mol. The fourth-order valence-electron chi connectivity index (χ4n) is 2.44. The van der Waals surface area contributed by atoms with Gasteiger partial charge in [-0.1, -0.05) is 18.5 Å². The van der Waals surface area contributed by atoms with E-state index in [1.54, 1.807) is 7.11 Å². The van der Waals surface area contributed by atoms with E-state index in [9.17, 15) is 0 Å². The van der Waals surface area contributed by atoms with Crippen molar-refractivity contribution in [1.82, 2.24) is 5.32 Å². The second kappa shape index (κ2) is 4.64. The molecule has 2 nitrogen and oxygen atoms in total. The summed E-state index contributed by atoms with van der Waals surface area (Å²) in [6.45, 7) is 5.36. The first kappa shape index (κ1) is 11.7. The van der Waals surface area contributed by atoms with Crippen molar-refractivity contribution in [3.05, 3.63) is 28.3 Å². The Balaban J connectivity index is 2.38. The van der Waals surface area contributed by atoms with E-state index in [4.69, 9.17) is 16.3 Å². The van der Waals surface area contributed by atoms with Crippen LogP contribution in [0.1, 0.15) is 30.5 Å². The lowest BCUT2D eigenvalue weighted by Gasteiger charge is -2.17. The molecule has 1 saturated heterocycles. The molecule has 0 radical (unpaired) electrons. The van der Waals surface area contributed by atoms with E-state index in [0.29, 0.717) is 12.0 Å². The number of benzene rings is 1. The molecule has 1 N–H and O–H groups in total. The van der Waals surface area contributed by atoms with Crippen LogP contribution < -0.4 is 10.1 Å². The maximum absolute atomic E-state index is 6.11. The molecule has 1 aromatic carbocycles. The summed E-state index contributed by atoms with van der Waals surface area (Å²) in [5, 5.41) is 4.30. The molecule has 0 amide bonds. The van der Waals surface area contributed by atoms with Gasteiger partial charge in [0.15, 0.2) is 0 Å². The van der Waals surface area contributed by atoms with Gasteiger partial charge >= 0.3 is 0 Å². The first-order valence-electron chi connectivity index (χ1n) is 5.69. The number of aryl methyl sites for hydroxylation is 1.